The summed E-state index contributed by atoms with van der Waals surface area (Å²) in [4.78, 5) is 17.8. The van der Waals surface area contributed by atoms with Crippen LogP contribution < -0.4 is 0 Å². The molecule has 2 bridgehead atoms. The molecular weight excluding hydrogens is 590 g/mol. The van der Waals surface area contributed by atoms with Crippen molar-refractivity contribution in [2.24, 2.45) is 33.5 Å². The maximum absolute atomic E-state index is 15.3. The number of ketones is 1. The predicted molar refractivity (Wildman–Crippen MR) is 190 cm³/mol. The number of hydrogen-bond donors (Lipinski definition) is 2. The van der Waals surface area contributed by atoms with Gasteiger partial charge in [-0.1, -0.05) is 111 Å². The Morgan fingerprint density at radius 1 is 0.812 bits per heavy atom. The molecule has 4 nitrogen and oxygen atoms in total. The average molecular weight is 640 g/mol. The van der Waals surface area contributed by atoms with Crippen LogP contribution >= 0.6 is 0 Å². The summed E-state index contributed by atoms with van der Waals surface area (Å²) in [6.07, 6.45) is 13.9. The predicted octanol–water partition coefficient (Wildman–Crippen LogP) is 8.19. The number of carbonyl (C=O) groups excluding carboxylic acids is 1. The number of aliphatic hydroxyl groups is 2. The van der Waals surface area contributed by atoms with Crippen LogP contribution in [0.4, 0.5) is 0 Å². The number of hydrogen-bond acceptors (Lipinski definition) is 4. The van der Waals surface area contributed by atoms with Crippen molar-refractivity contribution in [1.82, 2.24) is 4.90 Å². The highest BCUT2D eigenvalue weighted by Gasteiger charge is 2.74. The number of nitrogens with zero attached hydrogens (tertiary/aromatic N) is 1. The molecular formula is C44H49NO3. The maximum atomic E-state index is 15.3. The number of aliphatic hydroxyl groups excluding tert-OH is 1. The molecule has 48 heavy (non-hydrogen) atoms. The highest BCUT2D eigenvalue weighted by Crippen LogP contribution is 2.78. The minimum atomic E-state index is -0.830. The van der Waals surface area contributed by atoms with Crippen LogP contribution in [0.5, 0.6) is 0 Å². The molecule has 6 aliphatic carbocycles. The lowest BCUT2D eigenvalue weighted by Crippen LogP contribution is -2.67. The van der Waals surface area contributed by atoms with Gasteiger partial charge in [0, 0.05) is 47.0 Å². The van der Waals surface area contributed by atoms with E-state index >= 15 is 4.79 Å². The molecule has 0 saturated heterocycles. The lowest BCUT2D eigenvalue weighted by atomic mass is 9.32. The molecule has 8 unspecified atom stereocenters. The van der Waals surface area contributed by atoms with Gasteiger partial charge in [0.2, 0.25) is 0 Å². The van der Waals surface area contributed by atoms with E-state index in [0.717, 1.165) is 80.3 Å². The molecule has 3 aromatic carbocycles. The fraction of sp³-hybridized carbons (Fsp3) is 0.477. The lowest BCUT2D eigenvalue weighted by molar-refractivity contribution is -0.176. The monoisotopic (exact) mass is 639 g/mol. The van der Waals surface area contributed by atoms with Crippen LogP contribution in [0.3, 0.4) is 0 Å². The van der Waals surface area contributed by atoms with Crippen molar-refractivity contribution in [3.8, 4) is 11.1 Å². The Morgan fingerprint density at radius 2 is 1.50 bits per heavy atom. The van der Waals surface area contributed by atoms with Gasteiger partial charge < -0.3 is 10.2 Å². The summed E-state index contributed by atoms with van der Waals surface area (Å²) in [5, 5.41) is 24.0. The SMILES string of the molecule is CC12CCC(O)CC13C=CC1(C(C(=O)c4ccccc4-c4ccccc4)=C3)C2CCC2(C)C1CCC2(O)CN1CCc2ccccc2C1. The first-order valence-electron chi connectivity index (χ1n) is 18.5. The summed E-state index contributed by atoms with van der Waals surface area (Å²) >= 11 is 0. The minimum Gasteiger partial charge on any atom is -0.393 e. The highest BCUT2D eigenvalue weighted by molar-refractivity contribution is 6.14. The molecule has 7 aliphatic rings. The van der Waals surface area contributed by atoms with Crippen molar-refractivity contribution in [2.45, 2.75) is 83.5 Å². The largest absolute Gasteiger partial charge is 0.393 e. The number of rotatable bonds is 5. The van der Waals surface area contributed by atoms with Gasteiger partial charge in [0.05, 0.1) is 11.7 Å². The fourth-order valence-corrected chi connectivity index (χ4v) is 12.4. The molecule has 0 radical (unpaired) electrons. The Labute approximate surface area is 285 Å². The molecule has 8 atom stereocenters. The summed E-state index contributed by atoms with van der Waals surface area (Å²) in [6, 6.07) is 27.2. The van der Waals surface area contributed by atoms with E-state index in [9.17, 15) is 10.2 Å². The van der Waals surface area contributed by atoms with E-state index in [2.05, 4.69) is 79.4 Å². The zero-order valence-electron chi connectivity index (χ0n) is 28.5. The Bertz CT molecular complexity index is 1850. The molecule has 3 fully saturated rings. The first kappa shape index (κ1) is 30.7. The first-order valence-corrected chi connectivity index (χ1v) is 18.5. The third-order valence-electron chi connectivity index (χ3n) is 14.9. The van der Waals surface area contributed by atoms with Crippen LogP contribution in [0.1, 0.15) is 80.3 Å². The van der Waals surface area contributed by atoms with E-state index in [1.54, 1.807) is 0 Å². The second-order valence-electron chi connectivity index (χ2n) is 16.8. The zero-order chi connectivity index (χ0) is 32.9. The smallest absolute Gasteiger partial charge is 0.190 e. The quantitative estimate of drug-likeness (QED) is 0.218. The normalized spacial score (nSPS) is 39.6. The topological polar surface area (TPSA) is 60.8 Å². The molecule has 3 saturated carbocycles. The van der Waals surface area contributed by atoms with Crippen molar-refractivity contribution < 1.29 is 15.0 Å². The third kappa shape index (κ3) is 4.03. The van der Waals surface area contributed by atoms with E-state index < -0.39 is 11.0 Å². The van der Waals surface area contributed by atoms with Gasteiger partial charge >= 0.3 is 0 Å². The Balaban J connectivity index is 1.15. The summed E-state index contributed by atoms with van der Waals surface area (Å²) in [6.45, 7) is 7.36. The van der Waals surface area contributed by atoms with E-state index in [1.165, 1.54) is 11.1 Å². The third-order valence-corrected chi connectivity index (χ3v) is 14.9. The second kappa shape index (κ2) is 10.6. The number of β-amino-alcohol motifs (C(OH)–C–C–N with tert-alkyl or cyclic N) is 1. The van der Waals surface area contributed by atoms with E-state index in [4.69, 9.17) is 0 Å². The van der Waals surface area contributed by atoms with Gasteiger partial charge in [-0.15, -0.1) is 0 Å². The number of benzene rings is 3. The number of allylic oxidation sites excluding steroid dienone is 4. The number of carbonyl (C=O) groups is 1. The minimum absolute atomic E-state index is 0.0394. The Kier molecular flexibility index (Phi) is 6.78. The molecule has 2 spiro atoms. The van der Waals surface area contributed by atoms with Gasteiger partial charge in [0.1, 0.15) is 0 Å². The van der Waals surface area contributed by atoms with Crippen molar-refractivity contribution in [2.75, 3.05) is 13.1 Å². The van der Waals surface area contributed by atoms with Crippen LogP contribution in [0.2, 0.25) is 0 Å². The van der Waals surface area contributed by atoms with Crippen LogP contribution in [0.15, 0.2) is 103 Å². The van der Waals surface area contributed by atoms with Gasteiger partial charge in [0.15, 0.2) is 5.78 Å². The summed E-state index contributed by atoms with van der Waals surface area (Å²) in [5.74, 6) is 0.568. The molecule has 0 aromatic heterocycles. The van der Waals surface area contributed by atoms with Gasteiger partial charge in [0.25, 0.3) is 0 Å². The van der Waals surface area contributed by atoms with Crippen molar-refractivity contribution >= 4 is 5.78 Å². The van der Waals surface area contributed by atoms with E-state index in [-0.39, 0.29) is 40.0 Å². The fourth-order valence-electron chi connectivity index (χ4n) is 12.4. The molecule has 3 aromatic rings. The van der Waals surface area contributed by atoms with Crippen molar-refractivity contribution in [1.29, 1.82) is 0 Å². The zero-order valence-corrected chi connectivity index (χ0v) is 28.5. The van der Waals surface area contributed by atoms with E-state index in [0.29, 0.717) is 13.0 Å². The molecule has 2 N–H and O–H groups in total. The van der Waals surface area contributed by atoms with Crippen molar-refractivity contribution in [3.05, 3.63) is 119 Å². The number of Topliss-reactive ketones (excluding diaryl/α,β-unsaturated/α-hetero) is 1. The average Bonchev–Trinajstić information content (AvgIpc) is 3.38. The molecule has 248 valence electrons. The standard InChI is InChI=1S/C44H49NO3/c1-40-20-16-33(46)26-42(40)23-24-44(36(27-42)39(47)35-15-9-8-14-34(35)31-11-4-3-5-12-31)37(40)17-21-41(2)38(44)18-22-43(41,48)29-45-25-19-30-10-6-7-13-32(30)28-45/h3-15,23-24,27,33,37-38,46,48H,16-22,25-26,28-29H2,1-2H3. The van der Waals surface area contributed by atoms with Crippen LogP contribution in [0.25, 0.3) is 11.1 Å². The van der Waals surface area contributed by atoms with E-state index in [1.807, 2.05) is 36.4 Å². The van der Waals surface area contributed by atoms with Gasteiger partial charge in [-0.3, -0.25) is 9.69 Å². The molecule has 4 heteroatoms. The molecule has 0 amide bonds. The summed E-state index contributed by atoms with van der Waals surface area (Å²) in [7, 11) is 0. The van der Waals surface area contributed by atoms with Crippen LogP contribution in [-0.4, -0.2) is 45.7 Å². The summed E-state index contributed by atoms with van der Waals surface area (Å²) in [5.41, 5.74) is 4.53. The summed E-state index contributed by atoms with van der Waals surface area (Å²) < 4.78 is 0. The molecule has 1 aliphatic heterocycles. The number of fused-ring (bicyclic) bond motifs is 2. The maximum Gasteiger partial charge on any atom is 0.190 e. The van der Waals surface area contributed by atoms with Gasteiger partial charge in [-0.25, -0.2) is 0 Å². The van der Waals surface area contributed by atoms with Gasteiger partial charge in [-0.05, 0) is 90.9 Å². The molecule has 1 heterocycles. The second-order valence-corrected chi connectivity index (χ2v) is 16.8. The Morgan fingerprint density at radius 3 is 2.33 bits per heavy atom. The van der Waals surface area contributed by atoms with Crippen molar-refractivity contribution in [3.63, 3.8) is 0 Å². The van der Waals surface area contributed by atoms with Crippen LogP contribution in [0, 0.1) is 33.5 Å². The highest BCUT2D eigenvalue weighted by atomic mass is 16.3. The lowest BCUT2D eigenvalue weighted by Gasteiger charge is -2.71. The van der Waals surface area contributed by atoms with Gasteiger partial charge in [-0.2, -0.15) is 0 Å². The van der Waals surface area contributed by atoms with Crippen LogP contribution in [-0.2, 0) is 13.0 Å². The molecule has 10 rings (SSSR count). The Hall–Kier alpha value is -3.31. The first-order chi connectivity index (χ1) is 23.1.